The summed E-state index contributed by atoms with van der Waals surface area (Å²) >= 11 is 0. The van der Waals surface area contributed by atoms with Crippen LogP contribution in [0.2, 0.25) is 0 Å². The van der Waals surface area contributed by atoms with E-state index in [0.29, 0.717) is 0 Å². The van der Waals surface area contributed by atoms with Crippen molar-refractivity contribution in [1.29, 1.82) is 0 Å². The van der Waals surface area contributed by atoms with Crippen molar-refractivity contribution in [1.82, 2.24) is 9.13 Å². The second kappa shape index (κ2) is 11.8. The third-order valence-corrected chi connectivity index (χ3v) is 12.3. The highest BCUT2D eigenvalue weighted by Crippen LogP contribution is 2.52. The van der Waals surface area contributed by atoms with Crippen LogP contribution in [-0.4, -0.2) is 9.13 Å². The van der Waals surface area contributed by atoms with Crippen molar-refractivity contribution >= 4 is 71.8 Å². The molecule has 57 heavy (non-hydrogen) atoms. The molecule has 3 aromatic heterocycles. The Bertz CT molecular complexity index is 3330. The lowest BCUT2D eigenvalue weighted by Gasteiger charge is -2.42. The molecule has 0 spiro atoms. The normalized spacial score (nSPS) is 13.5. The third kappa shape index (κ3) is 4.55. The number of furan rings is 1. The zero-order valence-corrected chi connectivity index (χ0v) is 31.6. The third-order valence-electron chi connectivity index (χ3n) is 12.3. The maximum Gasteiger partial charge on any atom is 0.213 e. The molecule has 0 bridgehead atoms. The molecule has 1 aliphatic heterocycles. The number of rotatable bonds is 4. The van der Waals surface area contributed by atoms with E-state index in [1.807, 2.05) is 6.07 Å². The second-order valence-corrected chi connectivity index (χ2v) is 15.8. The number of anilines is 3. The molecule has 0 radical (unpaired) electrons. The Labute approximate surface area is 330 Å². The molecular formula is C53H37N3O. The summed E-state index contributed by atoms with van der Waals surface area (Å²) in [5.41, 5.74) is 16.0. The average Bonchev–Trinajstić information content (AvgIpc) is 3.91. The minimum absolute atomic E-state index is 0.102. The van der Waals surface area contributed by atoms with E-state index < -0.39 is 0 Å². The van der Waals surface area contributed by atoms with Gasteiger partial charge in [0.2, 0.25) is 5.71 Å². The van der Waals surface area contributed by atoms with Crippen LogP contribution in [0.15, 0.2) is 192 Å². The smallest absolute Gasteiger partial charge is 0.213 e. The lowest BCUT2D eigenvalue weighted by molar-refractivity contribution is 0.632. The summed E-state index contributed by atoms with van der Waals surface area (Å²) in [6.07, 6.45) is 0. The molecule has 8 aromatic carbocycles. The van der Waals surface area contributed by atoms with Crippen molar-refractivity contribution in [3.63, 3.8) is 0 Å². The Hall–Kier alpha value is -7.30. The fourth-order valence-electron chi connectivity index (χ4n) is 9.63. The number of aromatic nitrogens is 2. The number of hydrogen-bond acceptors (Lipinski definition) is 2. The monoisotopic (exact) mass is 731 g/mol. The van der Waals surface area contributed by atoms with Crippen molar-refractivity contribution in [2.24, 2.45) is 0 Å². The topological polar surface area (TPSA) is 26.2 Å². The summed E-state index contributed by atoms with van der Waals surface area (Å²) < 4.78 is 11.2. The summed E-state index contributed by atoms with van der Waals surface area (Å²) in [6, 6.07) is 68.2. The fourth-order valence-corrected chi connectivity index (χ4v) is 9.63. The quantitative estimate of drug-likeness (QED) is 0.180. The lowest BCUT2D eigenvalue weighted by Crippen LogP contribution is -2.30. The first-order valence-electron chi connectivity index (χ1n) is 19.7. The molecule has 11 aromatic rings. The van der Waals surface area contributed by atoms with Crippen LogP contribution < -0.4 is 4.90 Å². The molecule has 4 nitrogen and oxygen atoms in total. The van der Waals surface area contributed by atoms with Gasteiger partial charge < -0.3 is 13.9 Å². The first-order chi connectivity index (χ1) is 28.0. The van der Waals surface area contributed by atoms with Crippen molar-refractivity contribution in [3.8, 4) is 22.5 Å². The molecule has 4 heterocycles. The zero-order valence-electron chi connectivity index (χ0n) is 31.6. The predicted molar refractivity (Wildman–Crippen MR) is 237 cm³/mol. The molecule has 4 heteroatoms. The molecule has 0 unspecified atom stereocenters. The van der Waals surface area contributed by atoms with Gasteiger partial charge in [0.25, 0.3) is 0 Å². The maximum absolute atomic E-state index is 6.53. The van der Waals surface area contributed by atoms with Gasteiger partial charge in [0.1, 0.15) is 5.58 Å². The molecule has 0 saturated carbocycles. The molecular weight excluding hydrogens is 695 g/mol. The van der Waals surface area contributed by atoms with E-state index >= 15 is 0 Å². The van der Waals surface area contributed by atoms with Crippen LogP contribution >= 0.6 is 0 Å². The van der Waals surface area contributed by atoms with Gasteiger partial charge in [-0.3, -0.25) is 4.57 Å². The number of hydrogen-bond donors (Lipinski definition) is 0. The van der Waals surface area contributed by atoms with Gasteiger partial charge in [-0.1, -0.05) is 123 Å². The Balaban J connectivity index is 0.983. The number of nitrogens with zero attached hydrogens (tertiary/aromatic N) is 3. The Morgan fingerprint density at radius 1 is 0.404 bits per heavy atom. The van der Waals surface area contributed by atoms with Crippen molar-refractivity contribution in [2.45, 2.75) is 19.3 Å². The number of benzene rings is 8. The minimum Gasteiger partial charge on any atom is -0.439 e. The highest BCUT2D eigenvalue weighted by Gasteiger charge is 2.36. The lowest BCUT2D eigenvalue weighted by atomic mass is 9.73. The summed E-state index contributed by atoms with van der Waals surface area (Å²) in [5, 5.41) is 5.93. The summed E-state index contributed by atoms with van der Waals surface area (Å²) in [4.78, 5) is 2.45. The van der Waals surface area contributed by atoms with E-state index in [2.05, 4.69) is 210 Å². The van der Waals surface area contributed by atoms with Crippen LogP contribution in [0.5, 0.6) is 0 Å². The summed E-state index contributed by atoms with van der Waals surface area (Å²) in [6.45, 7) is 4.68. The molecule has 0 saturated heterocycles. The first kappa shape index (κ1) is 32.0. The first-order valence-corrected chi connectivity index (χ1v) is 19.7. The Kier molecular flexibility index (Phi) is 6.65. The van der Waals surface area contributed by atoms with E-state index in [0.717, 1.165) is 44.6 Å². The molecule has 0 aliphatic carbocycles. The van der Waals surface area contributed by atoms with Gasteiger partial charge in [-0.25, -0.2) is 0 Å². The number of para-hydroxylation sites is 5. The molecule has 270 valence electrons. The van der Waals surface area contributed by atoms with Gasteiger partial charge >= 0.3 is 0 Å². The van der Waals surface area contributed by atoms with Crippen LogP contribution in [-0.2, 0) is 5.41 Å². The highest BCUT2D eigenvalue weighted by molar-refractivity contribution is 6.20. The SMILES string of the molecule is CC1(C)c2ccccc2N(c2ccc3c(c2)c2ccccc2n3-c2ccc(-c3ccc4c(c3)c3c5ccccc5oc3n4-c3ccccc3)cc2)c2ccccc21. The Morgan fingerprint density at radius 2 is 0.965 bits per heavy atom. The van der Waals surface area contributed by atoms with Gasteiger partial charge in [-0.15, -0.1) is 0 Å². The fraction of sp³-hybridized carbons (Fsp3) is 0.0566. The molecule has 0 atom stereocenters. The molecule has 12 rings (SSSR count). The van der Waals surface area contributed by atoms with E-state index in [1.165, 1.54) is 60.8 Å². The Morgan fingerprint density at radius 3 is 1.74 bits per heavy atom. The van der Waals surface area contributed by atoms with Gasteiger partial charge in [0, 0.05) is 44.0 Å². The number of fused-ring (bicyclic) bond motifs is 10. The van der Waals surface area contributed by atoms with Crippen molar-refractivity contribution in [3.05, 3.63) is 199 Å². The molecule has 0 amide bonds. The van der Waals surface area contributed by atoms with Crippen LogP contribution in [0.4, 0.5) is 17.1 Å². The van der Waals surface area contributed by atoms with Gasteiger partial charge in [-0.2, -0.15) is 0 Å². The summed E-state index contributed by atoms with van der Waals surface area (Å²) in [7, 11) is 0. The molecule has 1 aliphatic rings. The summed E-state index contributed by atoms with van der Waals surface area (Å²) in [5.74, 6) is 0. The second-order valence-electron chi connectivity index (χ2n) is 15.8. The largest absolute Gasteiger partial charge is 0.439 e. The molecule has 0 fully saturated rings. The average molecular weight is 732 g/mol. The van der Waals surface area contributed by atoms with Crippen LogP contribution in [0, 0.1) is 0 Å². The van der Waals surface area contributed by atoms with Crippen LogP contribution in [0.3, 0.4) is 0 Å². The van der Waals surface area contributed by atoms with Crippen molar-refractivity contribution in [2.75, 3.05) is 4.90 Å². The standard InChI is InChI=1S/C53H37N3O/c1-53(2)43-18-8-11-21-48(43)55(49-22-12-9-19-44(49)53)38-29-31-46-41(33-38)39-16-6-10-20-45(39)54(46)37-27-24-34(25-28-37)35-26-30-47-42(32-35)51-40-17-7-13-23-50(40)57-52(51)56(47)36-14-4-3-5-15-36/h3-33H,1-2H3. The van der Waals surface area contributed by atoms with Gasteiger partial charge in [0.05, 0.1) is 33.3 Å². The zero-order chi connectivity index (χ0) is 37.8. The van der Waals surface area contributed by atoms with Crippen LogP contribution in [0.25, 0.3) is 77.3 Å². The van der Waals surface area contributed by atoms with Crippen LogP contribution in [0.1, 0.15) is 25.0 Å². The van der Waals surface area contributed by atoms with E-state index in [4.69, 9.17) is 4.42 Å². The van der Waals surface area contributed by atoms with Gasteiger partial charge in [0.15, 0.2) is 0 Å². The van der Waals surface area contributed by atoms with E-state index in [1.54, 1.807) is 0 Å². The highest BCUT2D eigenvalue weighted by atomic mass is 16.3. The van der Waals surface area contributed by atoms with E-state index in [-0.39, 0.29) is 5.41 Å². The van der Waals surface area contributed by atoms with E-state index in [9.17, 15) is 0 Å². The maximum atomic E-state index is 6.53. The minimum atomic E-state index is -0.102. The molecule has 0 N–H and O–H groups in total. The van der Waals surface area contributed by atoms with Gasteiger partial charge in [-0.05, 0) is 101 Å². The predicted octanol–water partition coefficient (Wildman–Crippen LogP) is 14.4. The van der Waals surface area contributed by atoms with Crippen molar-refractivity contribution < 1.29 is 4.42 Å².